The molecular weight excluding hydrogens is 428 g/mol. The van der Waals surface area contributed by atoms with Crippen molar-refractivity contribution in [1.82, 2.24) is 0 Å². The van der Waals surface area contributed by atoms with Crippen molar-refractivity contribution in [2.75, 3.05) is 13.2 Å². The summed E-state index contributed by atoms with van der Waals surface area (Å²) in [7, 11) is 0. The van der Waals surface area contributed by atoms with Gasteiger partial charge in [-0.15, -0.1) is 0 Å². The summed E-state index contributed by atoms with van der Waals surface area (Å²) in [6.45, 7) is 6.13. The second-order valence-corrected chi connectivity index (χ2v) is 11.0. The molecule has 0 N–H and O–H groups in total. The predicted molar refractivity (Wildman–Crippen MR) is 149 cm³/mol. The largest absolute Gasteiger partial charge is 0.494 e. The van der Waals surface area contributed by atoms with Gasteiger partial charge >= 0.3 is 0 Å². The number of unbranched alkanes of at least 4 members (excludes halogenated alkanes) is 4. The van der Waals surface area contributed by atoms with Gasteiger partial charge in [0.1, 0.15) is 11.5 Å². The maximum atomic E-state index is 6.08. The summed E-state index contributed by atoms with van der Waals surface area (Å²) in [5.41, 5.74) is 0. The van der Waals surface area contributed by atoms with Crippen LogP contribution in [0.4, 0.5) is 0 Å². The van der Waals surface area contributed by atoms with E-state index in [1.54, 1.807) is 0 Å². The molecule has 0 radical (unpaired) electrons. The minimum Gasteiger partial charge on any atom is -0.494 e. The Bertz CT molecular complexity index is 753. The van der Waals surface area contributed by atoms with Crippen LogP contribution in [0.3, 0.4) is 0 Å². The molecule has 0 aromatic heterocycles. The third-order valence-electron chi connectivity index (χ3n) is 8.02. The number of benzene rings is 1. The first kappa shape index (κ1) is 27.7. The van der Waals surface area contributed by atoms with Crippen LogP contribution < -0.4 is 9.47 Å². The monoisotopic (exact) mass is 478 g/mol. The zero-order valence-electron chi connectivity index (χ0n) is 22.6. The standard InChI is InChI=1S/C33H50O2/c1-3-5-7-11-28-14-16-29(17-15-28)12-8-9-13-30-18-20-31(21-19-30)27-35-33-24-22-32(23-25-33)34-26-10-6-4-2/h8,12,22-25,28-31H,3-7,10-11,14-21,26-27H2,1-2H3/b12-8+. The lowest BCUT2D eigenvalue weighted by molar-refractivity contribution is 0.196. The molecule has 2 aliphatic carbocycles. The Hall–Kier alpha value is -1.88. The number of rotatable bonds is 13. The smallest absolute Gasteiger partial charge is 0.119 e. The normalized spacial score (nSPS) is 24.6. The molecule has 194 valence electrons. The van der Waals surface area contributed by atoms with Gasteiger partial charge in [0.15, 0.2) is 0 Å². The Kier molecular flexibility index (Phi) is 13.2. The van der Waals surface area contributed by atoms with Crippen LogP contribution in [-0.4, -0.2) is 13.2 Å². The zero-order chi connectivity index (χ0) is 24.6. The minimum absolute atomic E-state index is 0.564. The third kappa shape index (κ3) is 11.2. The maximum absolute atomic E-state index is 6.08. The number of allylic oxidation sites excluding steroid dienone is 2. The van der Waals surface area contributed by atoms with E-state index in [-0.39, 0.29) is 0 Å². The van der Waals surface area contributed by atoms with Crippen molar-refractivity contribution in [2.45, 2.75) is 110 Å². The van der Waals surface area contributed by atoms with Gasteiger partial charge in [-0.05, 0) is 106 Å². The van der Waals surface area contributed by atoms with Crippen LogP contribution in [0.15, 0.2) is 36.4 Å². The fraction of sp³-hybridized carbons (Fsp3) is 0.697. The van der Waals surface area contributed by atoms with Crippen LogP contribution in [0.5, 0.6) is 11.5 Å². The van der Waals surface area contributed by atoms with E-state index in [4.69, 9.17) is 9.47 Å². The van der Waals surface area contributed by atoms with Gasteiger partial charge in [-0.25, -0.2) is 0 Å². The molecule has 0 heterocycles. The quantitative estimate of drug-likeness (QED) is 0.208. The van der Waals surface area contributed by atoms with E-state index in [0.717, 1.165) is 43.0 Å². The van der Waals surface area contributed by atoms with Crippen molar-refractivity contribution in [3.63, 3.8) is 0 Å². The Morgan fingerprint density at radius 1 is 0.743 bits per heavy atom. The summed E-state index contributed by atoms with van der Waals surface area (Å²) in [5.74, 6) is 11.8. The van der Waals surface area contributed by atoms with Crippen molar-refractivity contribution in [3.05, 3.63) is 36.4 Å². The van der Waals surface area contributed by atoms with Gasteiger partial charge in [0.2, 0.25) is 0 Å². The molecule has 0 aliphatic heterocycles. The van der Waals surface area contributed by atoms with Crippen LogP contribution in [0.25, 0.3) is 0 Å². The highest BCUT2D eigenvalue weighted by molar-refractivity contribution is 5.31. The third-order valence-corrected chi connectivity index (χ3v) is 8.02. The number of hydrogen-bond acceptors (Lipinski definition) is 2. The lowest BCUT2D eigenvalue weighted by atomic mass is 9.79. The molecule has 2 saturated carbocycles. The molecule has 0 bridgehead atoms. The Balaban J connectivity index is 1.26. The average Bonchev–Trinajstić information content (AvgIpc) is 2.90. The molecule has 2 aliphatic rings. The molecule has 0 spiro atoms. The summed E-state index contributed by atoms with van der Waals surface area (Å²) < 4.78 is 11.9. The summed E-state index contributed by atoms with van der Waals surface area (Å²) in [6, 6.07) is 8.14. The molecule has 1 aromatic rings. The zero-order valence-corrected chi connectivity index (χ0v) is 22.6. The van der Waals surface area contributed by atoms with Gasteiger partial charge < -0.3 is 9.47 Å². The van der Waals surface area contributed by atoms with Gasteiger partial charge in [-0.3, -0.25) is 0 Å². The van der Waals surface area contributed by atoms with Gasteiger partial charge in [0, 0.05) is 5.92 Å². The van der Waals surface area contributed by atoms with Gasteiger partial charge in [0.05, 0.1) is 13.2 Å². The van der Waals surface area contributed by atoms with Gasteiger partial charge in [-0.1, -0.05) is 70.3 Å². The van der Waals surface area contributed by atoms with E-state index in [1.165, 1.54) is 89.9 Å². The van der Waals surface area contributed by atoms with Gasteiger partial charge in [-0.2, -0.15) is 0 Å². The fourth-order valence-corrected chi connectivity index (χ4v) is 5.56. The highest BCUT2D eigenvalue weighted by Gasteiger charge is 2.21. The summed E-state index contributed by atoms with van der Waals surface area (Å²) in [5, 5.41) is 0. The van der Waals surface area contributed by atoms with E-state index in [2.05, 4.69) is 37.8 Å². The van der Waals surface area contributed by atoms with Crippen molar-refractivity contribution in [2.24, 2.45) is 23.7 Å². The predicted octanol–water partition coefficient (Wildman–Crippen LogP) is 9.39. The maximum Gasteiger partial charge on any atom is 0.119 e. The molecule has 0 unspecified atom stereocenters. The van der Waals surface area contributed by atoms with E-state index < -0.39 is 0 Å². The first-order chi connectivity index (χ1) is 17.3. The SMILES string of the molecule is CCCCCOc1ccc(OCC2CCC(C#C/C=C/C3CCC(CCCCC)CC3)CC2)cc1. The van der Waals surface area contributed by atoms with Crippen LogP contribution in [0.2, 0.25) is 0 Å². The Morgan fingerprint density at radius 2 is 1.37 bits per heavy atom. The topological polar surface area (TPSA) is 18.5 Å². The van der Waals surface area contributed by atoms with Crippen molar-refractivity contribution in [1.29, 1.82) is 0 Å². The fourth-order valence-electron chi connectivity index (χ4n) is 5.56. The highest BCUT2D eigenvalue weighted by Crippen LogP contribution is 2.33. The van der Waals surface area contributed by atoms with Crippen LogP contribution >= 0.6 is 0 Å². The average molecular weight is 479 g/mol. The minimum atomic E-state index is 0.564. The second kappa shape index (κ2) is 16.7. The first-order valence-electron chi connectivity index (χ1n) is 14.8. The molecule has 0 amide bonds. The van der Waals surface area contributed by atoms with E-state index in [1.807, 2.05) is 24.3 Å². The van der Waals surface area contributed by atoms with Crippen molar-refractivity contribution in [3.8, 4) is 23.3 Å². The van der Waals surface area contributed by atoms with Crippen LogP contribution in [0.1, 0.15) is 110 Å². The summed E-state index contributed by atoms with van der Waals surface area (Å²) in [6.07, 6.45) is 24.2. The highest BCUT2D eigenvalue weighted by atomic mass is 16.5. The lowest BCUT2D eigenvalue weighted by Gasteiger charge is -2.26. The summed E-state index contributed by atoms with van der Waals surface area (Å²) in [4.78, 5) is 0. The Morgan fingerprint density at radius 3 is 2.06 bits per heavy atom. The van der Waals surface area contributed by atoms with Gasteiger partial charge in [0.25, 0.3) is 0 Å². The molecule has 0 saturated heterocycles. The molecule has 3 rings (SSSR count). The molecule has 35 heavy (non-hydrogen) atoms. The lowest BCUT2D eigenvalue weighted by Crippen LogP contribution is -2.19. The van der Waals surface area contributed by atoms with E-state index in [9.17, 15) is 0 Å². The molecule has 2 fully saturated rings. The van der Waals surface area contributed by atoms with E-state index in [0.29, 0.717) is 11.8 Å². The molecule has 0 atom stereocenters. The Labute approximate surface area is 216 Å². The van der Waals surface area contributed by atoms with Crippen molar-refractivity contribution < 1.29 is 9.47 Å². The number of ether oxygens (including phenoxy) is 2. The molecule has 2 nitrogen and oxygen atoms in total. The summed E-state index contributed by atoms with van der Waals surface area (Å²) >= 11 is 0. The molecule has 1 aromatic carbocycles. The molecular formula is C33H50O2. The van der Waals surface area contributed by atoms with Crippen LogP contribution in [-0.2, 0) is 0 Å². The van der Waals surface area contributed by atoms with E-state index >= 15 is 0 Å². The first-order valence-corrected chi connectivity index (χ1v) is 14.8. The number of hydrogen-bond donors (Lipinski definition) is 0. The van der Waals surface area contributed by atoms with Crippen LogP contribution in [0, 0.1) is 35.5 Å². The molecule has 2 heteroatoms. The second-order valence-electron chi connectivity index (χ2n) is 11.0. The van der Waals surface area contributed by atoms with Crippen molar-refractivity contribution >= 4 is 0 Å².